The highest BCUT2D eigenvalue weighted by Crippen LogP contribution is 2.62. The van der Waals surface area contributed by atoms with E-state index < -0.39 is 17.6 Å². The third-order valence-corrected chi connectivity index (χ3v) is 12.9. The van der Waals surface area contributed by atoms with Gasteiger partial charge in [0, 0.05) is 19.6 Å². The van der Waals surface area contributed by atoms with Crippen molar-refractivity contribution < 1.29 is 39.1 Å². The average Bonchev–Trinajstić information content (AvgIpc) is 3.68. The maximum Gasteiger partial charge on any atom is 0.246 e. The van der Waals surface area contributed by atoms with E-state index in [-0.39, 0.29) is 36.5 Å². The topological polar surface area (TPSA) is 141 Å². The van der Waals surface area contributed by atoms with Crippen LogP contribution in [0.25, 0.3) is 0 Å². The molecule has 1 heterocycles. The van der Waals surface area contributed by atoms with Crippen LogP contribution in [-0.4, -0.2) is 128 Å². The van der Waals surface area contributed by atoms with Crippen LogP contribution in [0.3, 0.4) is 0 Å². The first-order chi connectivity index (χ1) is 25.3. The van der Waals surface area contributed by atoms with Crippen LogP contribution in [-0.2, 0) is 30.2 Å². The highest BCUT2D eigenvalue weighted by Gasteiger charge is 2.56. The number of aliphatic hydroxyl groups excluding tert-OH is 2. The van der Waals surface area contributed by atoms with E-state index >= 15 is 0 Å². The van der Waals surface area contributed by atoms with Gasteiger partial charge in [0.15, 0.2) is 0 Å². The lowest BCUT2D eigenvalue weighted by Gasteiger charge is -2.53. The maximum atomic E-state index is 13.0. The van der Waals surface area contributed by atoms with Gasteiger partial charge < -0.3 is 44.6 Å². The van der Waals surface area contributed by atoms with Crippen molar-refractivity contribution in [1.82, 2.24) is 15.1 Å². The molecule has 4 aliphatic rings. The van der Waals surface area contributed by atoms with Crippen molar-refractivity contribution in [1.29, 1.82) is 0 Å². The van der Waals surface area contributed by atoms with Crippen LogP contribution >= 0.6 is 0 Å². The van der Waals surface area contributed by atoms with E-state index in [9.17, 15) is 24.9 Å². The Morgan fingerprint density at radius 3 is 2.43 bits per heavy atom. The summed E-state index contributed by atoms with van der Waals surface area (Å²) in [4.78, 5) is 29.4. The van der Waals surface area contributed by atoms with Crippen molar-refractivity contribution in [3.8, 4) is 5.75 Å². The summed E-state index contributed by atoms with van der Waals surface area (Å²) >= 11 is 0. The van der Waals surface area contributed by atoms with Crippen LogP contribution in [0.1, 0.15) is 103 Å². The third kappa shape index (κ3) is 10.9. The molecule has 11 heteroatoms. The standard InChI is InChI=1S/C42H69N3O8/c1-41(2,3)39(40(50)45-18-15-32(47)27-45)43-37(49)28-53-24-23-52-22-21-51-20-19-44(5)17-8-6-7-9-29-25-30-26-31(46)10-11-33(30)34-14-16-42(4)35(38(29)34)12-13-36(42)48/h10-11,26,29,32,34-36,38-39,46-48H,6-9,12-25,27-28H2,1-5H3,(H,43,49)/t29?,32?,34-,35+,36?,38?,39-,42+/m1/s1. The number of aromatic hydroxyl groups is 1. The average molecular weight is 744 g/mol. The van der Waals surface area contributed by atoms with Gasteiger partial charge in [-0.15, -0.1) is 0 Å². The first kappa shape index (κ1) is 41.9. The number of hydrogen-bond donors (Lipinski definition) is 4. The van der Waals surface area contributed by atoms with Gasteiger partial charge in [-0.05, 0) is 123 Å². The number of ether oxygens (including phenoxy) is 3. The number of β-amino-alcohol motifs (C(OH)–C–C–N with tert-alkyl or cyclic N) is 1. The molecule has 0 bridgehead atoms. The molecular weight excluding hydrogens is 674 g/mol. The zero-order valence-electron chi connectivity index (χ0n) is 33.2. The number of nitrogens with zero attached hydrogens (tertiary/aromatic N) is 2. The Balaban J connectivity index is 0.894. The predicted molar refractivity (Wildman–Crippen MR) is 205 cm³/mol. The van der Waals surface area contributed by atoms with Gasteiger partial charge in [0.2, 0.25) is 11.8 Å². The van der Waals surface area contributed by atoms with E-state index in [0.29, 0.717) is 75.4 Å². The largest absolute Gasteiger partial charge is 0.508 e. The number of likely N-dealkylation sites (tertiary alicyclic amines) is 1. The normalized spacial score (nSPS) is 28.8. The van der Waals surface area contributed by atoms with Crippen LogP contribution in [0.5, 0.6) is 5.75 Å². The number of likely N-dealkylation sites (N-methyl/N-ethyl adjacent to an activating group) is 1. The molecule has 1 saturated heterocycles. The number of fused-ring (bicyclic) bond motifs is 5. The highest BCUT2D eigenvalue weighted by atomic mass is 16.5. The first-order valence-corrected chi connectivity index (χ1v) is 20.5. The summed E-state index contributed by atoms with van der Waals surface area (Å²) in [6.45, 7) is 12.8. The second kappa shape index (κ2) is 19.0. The lowest BCUT2D eigenvalue weighted by molar-refractivity contribution is -0.140. The second-order valence-electron chi connectivity index (χ2n) is 17.8. The minimum atomic E-state index is -0.690. The smallest absolute Gasteiger partial charge is 0.246 e. The fourth-order valence-corrected chi connectivity index (χ4v) is 9.91. The van der Waals surface area contributed by atoms with Gasteiger partial charge in [0.05, 0.1) is 45.2 Å². The fourth-order valence-electron chi connectivity index (χ4n) is 9.91. The van der Waals surface area contributed by atoms with E-state index in [1.165, 1.54) is 30.4 Å². The van der Waals surface area contributed by atoms with E-state index in [0.717, 1.165) is 51.6 Å². The Morgan fingerprint density at radius 1 is 0.981 bits per heavy atom. The maximum absolute atomic E-state index is 13.0. The predicted octanol–water partition coefficient (Wildman–Crippen LogP) is 4.50. The molecule has 1 aromatic carbocycles. The molecule has 4 unspecified atom stereocenters. The Bertz CT molecular complexity index is 1340. The molecule has 2 saturated carbocycles. The van der Waals surface area contributed by atoms with E-state index in [4.69, 9.17) is 14.2 Å². The molecule has 8 atom stereocenters. The summed E-state index contributed by atoms with van der Waals surface area (Å²) in [5.41, 5.74) is 2.38. The molecule has 300 valence electrons. The van der Waals surface area contributed by atoms with Gasteiger partial charge in [-0.3, -0.25) is 9.59 Å². The Morgan fingerprint density at radius 2 is 1.72 bits per heavy atom. The van der Waals surface area contributed by atoms with E-state index in [1.807, 2.05) is 32.9 Å². The molecule has 11 nitrogen and oxygen atoms in total. The van der Waals surface area contributed by atoms with Crippen LogP contribution < -0.4 is 5.32 Å². The van der Waals surface area contributed by atoms with Gasteiger partial charge >= 0.3 is 0 Å². The van der Waals surface area contributed by atoms with Gasteiger partial charge in [0.1, 0.15) is 18.4 Å². The van der Waals surface area contributed by atoms with Crippen LogP contribution in [0.15, 0.2) is 18.2 Å². The minimum absolute atomic E-state index is 0.0556. The number of phenolic OH excluding ortho intramolecular Hbond substituents is 1. The molecule has 0 aromatic heterocycles. The van der Waals surface area contributed by atoms with Gasteiger partial charge in [-0.2, -0.15) is 0 Å². The van der Waals surface area contributed by atoms with Gasteiger partial charge in [-0.1, -0.05) is 46.6 Å². The molecule has 0 radical (unpaired) electrons. The summed E-state index contributed by atoms with van der Waals surface area (Å²) in [6.07, 6.45) is 10.1. The monoisotopic (exact) mass is 744 g/mol. The molecule has 4 N–H and O–H groups in total. The number of nitrogens with one attached hydrogen (secondary N) is 1. The molecule has 3 aliphatic carbocycles. The van der Waals surface area contributed by atoms with Crippen molar-refractivity contribution in [2.45, 2.75) is 116 Å². The number of phenols is 1. The molecule has 0 spiro atoms. The van der Waals surface area contributed by atoms with Crippen molar-refractivity contribution in [2.24, 2.45) is 28.6 Å². The number of carbonyl (C=O) groups excluding carboxylic acids is 2. The van der Waals surface area contributed by atoms with Crippen molar-refractivity contribution in [3.05, 3.63) is 29.3 Å². The van der Waals surface area contributed by atoms with Crippen molar-refractivity contribution >= 4 is 11.8 Å². The Labute approximate surface area is 318 Å². The zero-order chi connectivity index (χ0) is 38.2. The molecular formula is C42H69N3O8. The quantitative estimate of drug-likeness (QED) is 0.151. The minimum Gasteiger partial charge on any atom is -0.508 e. The Hall–Kier alpha value is -2.28. The van der Waals surface area contributed by atoms with E-state index in [2.05, 4.69) is 30.3 Å². The van der Waals surface area contributed by atoms with Gasteiger partial charge in [-0.25, -0.2) is 0 Å². The highest BCUT2D eigenvalue weighted by molar-refractivity contribution is 5.89. The summed E-state index contributed by atoms with van der Waals surface area (Å²) in [5, 5.41) is 33.8. The zero-order valence-corrected chi connectivity index (χ0v) is 33.2. The van der Waals surface area contributed by atoms with Crippen LogP contribution in [0, 0.1) is 28.6 Å². The first-order valence-electron chi connectivity index (χ1n) is 20.5. The number of carbonyl (C=O) groups is 2. The van der Waals surface area contributed by atoms with Crippen LogP contribution in [0.4, 0.5) is 0 Å². The number of hydrogen-bond acceptors (Lipinski definition) is 9. The third-order valence-electron chi connectivity index (χ3n) is 12.9. The fraction of sp³-hybridized carbons (Fsp3) is 0.810. The summed E-state index contributed by atoms with van der Waals surface area (Å²) in [7, 11) is 2.15. The lowest BCUT2D eigenvalue weighted by atomic mass is 9.52. The molecule has 5 rings (SSSR count). The Kier molecular flexibility index (Phi) is 15.0. The second-order valence-corrected chi connectivity index (χ2v) is 17.8. The number of aliphatic hydroxyl groups is 2. The number of rotatable bonds is 19. The number of unbranched alkanes of at least 4 members (excludes halogenated alkanes) is 2. The molecule has 3 fully saturated rings. The summed E-state index contributed by atoms with van der Waals surface area (Å²) in [6, 6.07) is 5.37. The molecule has 1 aliphatic heterocycles. The SMILES string of the molecule is CN(CCCCCC1Cc2cc(O)ccc2[C@H]2CC[C@]3(C)C(O)CC[C@H]3C12)CCOCCOCCOCC(=O)N[C@H](C(=O)N1CCC(O)C1)C(C)(C)C. The lowest BCUT2D eigenvalue weighted by Crippen LogP contribution is -2.55. The summed E-state index contributed by atoms with van der Waals surface area (Å²) in [5.74, 6) is 2.25. The molecule has 2 amide bonds. The van der Waals surface area contributed by atoms with Crippen LogP contribution in [0.2, 0.25) is 0 Å². The van der Waals surface area contributed by atoms with Crippen molar-refractivity contribution in [3.63, 3.8) is 0 Å². The molecule has 1 aromatic rings. The van der Waals surface area contributed by atoms with Crippen molar-refractivity contribution in [2.75, 3.05) is 72.9 Å². The van der Waals surface area contributed by atoms with E-state index in [1.54, 1.807) is 4.90 Å². The number of benzene rings is 1. The molecule has 53 heavy (non-hydrogen) atoms. The number of amides is 2. The van der Waals surface area contributed by atoms with Gasteiger partial charge in [0.25, 0.3) is 0 Å². The summed E-state index contributed by atoms with van der Waals surface area (Å²) < 4.78 is 16.9.